The van der Waals surface area contributed by atoms with Crippen LogP contribution in [-0.2, 0) is 0 Å². The first kappa shape index (κ1) is 18.2. The maximum Gasteiger partial charge on any atom is 0.241 e. The molecule has 0 N–H and O–H groups in total. The predicted octanol–water partition coefficient (Wildman–Crippen LogP) is 5.31. The monoisotopic (exact) mass is 431 g/mol. The molecule has 0 radical (unpaired) electrons. The lowest BCUT2D eigenvalue weighted by Gasteiger charge is -2.38. The number of halogens is 6. The summed E-state index contributed by atoms with van der Waals surface area (Å²) in [6, 6.07) is 0. The van der Waals surface area contributed by atoms with E-state index in [1.807, 2.05) is 5.01 Å². The molecule has 0 aromatic rings. The van der Waals surface area contributed by atoms with E-state index in [1.165, 1.54) is 24.1 Å². The van der Waals surface area contributed by atoms with Gasteiger partial charge in [0.2, 0.25) is 8.25 Å². The lowest BCUT2D eigenvalue weighted by atomic mass is 10.2. The Kier molecular flexibility index (Phi) is 7.16. The van der Waals surface area contributed by atoms with Crippen molar-refractivity contribution in [3.8, 4) is 0 Å². The molecule has 0 fully saturated rings. The van der Waals surface area contributed by atoms with Gasteiger partial charge in [-0.25, -0.2) is 0 Å². The molecule has 0 aromatic heterocycles. The topological polar surface area (TPSA) is 18.8 Å². The molecule has 1 atom stereocenters. The van der Waals surface area contributed by atoms with Crippen LogP contribution in [0.25, 0.3) is 0 Å². The van der Waals surface area contributed by atoms with Gasteiger partial charge in [-0.2, -0.15) is 5.10 Å². The molecule has 1 unspecified atom stereocenters. The molecule has 0 spiro atoms. The third-order valence-electron chi connectivity index (χ3n) is 2.71. The van der Waals surface area contributed by atoms with Gasteiger partial charge < -0.3 is 0 Å². The van der Waals surface area contributed by atoms with Crippen molar-refractivity contribution in [3.63, 3.8) is 0 Å². The van der Waals surface area contributed by atoms with Crippen molar-refractivity contribution in [1.29, 1.82) is 0 Å². The first-order valence-electron chi connectivity index (χ1n) is 5.89. The van der Waals surface area contributed by atoms with Gasteiger partial charge in [0.25, 0.3) is 0 Å². The lowest BCUT2D eigenvalue weighted by molar-refractivity contribution is 0.188. The molecule has 0 saturated heterocycles. The van der Waals surface area contributed by atoms with Crippen LogP contribution in [0.5, 0.6) is 0 Å². The minimum absolute atomic E-state index is 0.334. The van der Waals surface area contributed by atoms with Crippen LogP contribution in [0.4, 0.5) is 0 Å². The van der Waals surface area contributed by atoms with Crippen LogP contribution in [0, 0.1) is 0 Å². The maximum absolute atomic E-state index is 6.11. The van der Waals surface area contributed by atoms with Gasteiger partial charge in [0.15, 0.2) is 5.08 Å². The number of nitrogens with zero attached hydrogens (tertiary/aromatic N) is 3. The molecule has 0 bridgehead atoms. The molecular formula is C10H15BrCl5N3. The largest absolute Gasteiger partial charge is 0.294 e. The second-order valence-electron chi connectivity index (χ2n) is 4.21. The van der Waals surface area contributed by atoms with Crippen molar-refractivity contribution in [2.75, 3.05) is 6.54 Å². The summed E-state index contributed by atoms with van der Waals surface area (Å²) in [7, 11) is 0. The Hall–Kier alpha value is 1.20. The van der Waals surface area contributed by atoms with E-state index in [2.05, 4.69) is 28.0 Å². The molecule has 0 aliphatic carbocycles. The third kappa shape index (κ3) is 4.58. The molecular weight excluding hydrogens is 419 g/mol. The van der Waals surface area contributed by atoms with Crippen LogP contribution in [0.15, 0.2) is 5.10 Å². The van der Waals surface area contributed by atoms with Gasteiger partial charge in [-0.15, -0.1) is 0 Å². The Morgan fingerprint density at radius 3 is 2.32 bits per heavy atom. The van der Waals surface area contributed by atoms with Crippen molar-refractivity contribution in [3.05, 3.63) is 0 Å². The van der Waals surface area contributed by atoms with Gasteiger partial charge in [0.05, 0.1) is 0 Å². The molecule has 3 nitrogen and oxygen atoms in total. The minimum Gasteiger partial charge on any atom is -0.294 e. The predicted molar refractivity (Wildman–Crippen MR) is 88.6 cm³/mol. The zero-order chi connectivity index (χ0) is 14.7. The van der Waals surface area contributed by atoms with Gasteiger partial charge in [0, 0.05) is 6.54 Å². The zero-order valence-electron chi connectivity index (χ0n) is 10.3. The zero-order valence-corrected chi connectivity index (χ0v) is 15.7. The van der Waals surface area contributed by atoms with Crippen molar-refractivity contribution in [2.45, 2.75) is 45.9 Å². The van der Waals surface area contributed by atoms with Crippen LogP contribution in [-0.4, -0.2) is 36.1 Å². The highest BCUT2D eigenvalue weighted by atomic mass is 79.9. The van der Waals surface area contributed by atoms with Crippen LogP contribution in [0.1, 0.15) is 32.6 Å². The Labute approximate surface area is 147 Å². The molecule has 0 amide bonds. The van der Waals surface area contributed by atoms with Crippen molar-refractivity contribution in [1.82, 2.24) is 9.91 Å². The standard InChI is InChI=1S/C10H15BrCl5N3/c1-2-3-4-5-6-19-8(11)18(7-17-19)10(15,16)9(12,13)14/h7-8H,2-6H2,1H3. The Bertz CT molecular complexity index is 321. The second kappa shape index (κ2) is 7.46. The fourth-order valence-corrected chi connectivity index (χ4v) is 3.12. The average molecular weight is 434 g/mol. The summed E-state index contributed by atoms with van der Waals surface area (Å²) in [6.07, 6.45) is 6.05. The summed E-state index contributed by atoms with van der Waals surface area (Å²) in [5, 5.41) is 5.70. The lowest BCUT2D eigenvalue weighted by Crippen LogP contribution is -2.52. The van der Waals surface area contributed by atoms with Gasteiger partial charge in [0.1, 0.15) is 6.34 Å². The van der Waals surface area contributed by atoms with Crippen molar-refractivity contribution in [2.24, 2.45) is 5.10 Å². The number of hydrazone groups is 1. The highest BCUT2D eigenvalue weighted by molar-refractivity contribution is 9.09. The van der Waals surface area contributed by atoms with Gasteiger partial charge in [-0.1, -0.05) is 84.2 Å². The van der Waals surface area contributed by atoms with E-state index >= 15 is 0 Å². The molecule has 0 aromatic carbocycles. The summed E-state index contributed by atoms with van der Waals surface area (Å²) in [6.45, 7) is 2.95. The molecule has 19 heavy (non-hydrogen) atoms. The Morgan fingerprint density at radius 2 is 1.79 bits per heavy atom. The summed E-state index contributed by atoms with van der Waals surface area (Å²) >= 11 is 33.0. The van der Waals surface area contributed by atoms with Crippen LogP contribution >= 0.6 is 73.9 Å². The van der Waals surface area contributed by atoms with Gasteiger partial charge in [-0.05, 0) is 22.4 Å². The number of alkyl halides is 6. The molecule has 1 rings (SSSR count). The van der Waals surface area contributed by atoms with Crippen LogP contribution < -0.4 is 0 Å². The van der Waals surface area contributed by atoms with Crippen LogP contribution in [0.2, 0.25) is 0 Å². The smallest absolute Gasteiger partial charge is 0.241 e. The van der Waals surface area contributed by atoms with E-state index in [-0.39, 0.29) is 5.08 Å². The third-order valence-corrected chi connectivity index (χ3v) is 5.98. The number of hydrogen-bond acceptors (Lipinski definition) is 3. The number of unbranched alkanes of at least 4 members (excludes halogenated alkanes) is 3. The highest BCUT2D eigenvalue weighted by Gasteiger charge is 2.53. The fourth-order valence-electron chi connectivity index (χ4n) is 1.59. The summed E-state index contributed by atoms with van der Waals surface area (Å²) in [5.74, 6) is 0. The summed E-state index contributed by atoms with van der Waals surface area (Å²) in [5.41, 5.74) is 0. The average Bonchev–Trinajstić information content (AvgIpc) is 2.65. The first-order chi connectivity index (χ1) is 8.71. The quantitative estimate of drug-likeness (QED) is 0.321. The molecule has 1 heterocycles. The normalized spacial score (nSPS) is 20.5. The SMILES string of the molecule is CCCCCCN1N=CN(C(Cl)(Cl)C(Cl)(Cl)Cl)C1Br. The van der Waals surface area contributed by atoms with Crippen molar-refractivity contribution < 1.29 is 0 Å². The summed E-state index contributed by atoms with van der Waals surface area (Å²) < 4.78 is -3.56. The highest BCUT2D eigenvalue weighted by Crippen LogP contribution is 2.49. The molecule has 1 aliphatic rings. The van der Waals surface area contributed by atoms with E-state index in [0.29, 0.717) is 0 Å². The van der Waals surface area contributed by atoms with Gasteiger partial charge in [-0.3, -0.25) is 9.91 Å². The second-order valence-corrected chi connectivity index (χ2v) is 8.60. The fraction of sp³-hybridized carbons (Fsp3) is 0.900. The number of rotatable bonds is 6. The van der Waals surface area contributed by atoms with E-state index in [0.717, 1.165) is 19.4 Å². The number of hydrogen-bond donors (Lipinski definition) is 0. The van der Waals surface area contributed by atoms with Crippen molar-refractivity contribution >= 4 is 80.3 Å². The molecule has 9 heteroatoms. The molecule has 1 aliphatic heterocycles. The van der Waals surface area contributed by atoms with Gasteiger partial charge >= 0.3 is 0 Å². The first-order valence-corrected chi connectivity index (χ1v) is 8.70. The van der Waals surface area contributed by atoms with E-state index in [1.54, 1.807) is 0 Å². The summed E-state index contributed by atoms with van der Waals surface area (Å²) in [4.78, 5) is 1.46. The van der Waals surface area contributed by atoms with Crippen LogP contribution in [0.3, 0.4) is 0 Å². The maximum atomic E-state index is 6.11. The van der Waals surface area contributed by atoms with E-state index in [9.17, 15) is 0 Å². The van der Waals surface area contributed by atoms with E-state index in [4.69, 9.17) is 58.0 Å². The molecule has 112 valence electrons. The Morgan fingerprint density at radius 1 is 1.16 bits per heavy atom. The minimum atomic E-state index is -1.85. The molecule has 0 saturated carbocycles. The van der Waals surface area contributed by atoms with E-state index < -0.39 is 8.25 Å². The Balaban J connectivity index is 2.56.